The van der Waals surface area contributed by atoms with Crippen molar-refractivity contribution in [3.05, 3.63) is 51.4 Å². The zero-order valence-electron chi connectivity index (χ0n) is 12.8. The number of hydrogen-bond donors (Lipinski definition) is 2. The quantitative estimate of drug-likeness (QED) is 0.481. The molecule has 118 valence electrons. The Balaban J connectivity index is 1.90. The highest BCUT2D eigenvalue weighted by molar-refractivity contribution is 7.07. The molecule has 0 fully saturated rings. The molecule has 0 bridgehead atoms. The number of nitrogens with zero attached hydrogens (tertiary/aromatic N) is 2. The maximum Gasteiger partial charge on any atom is 0.191 e. The molecule has 0 aromatic carbocycles. The molecule has 0 spiro atoms. The Morgan fingerprint density at radius 3 is 2.86 bits per heavy atom. The van der Waals surface area contributed by atoms with Gasteiger partial charge >= 0.3 is 0 Å². The summed E-state index contributed by atoms with van der Waals surface area (Å²) in [5.41, 5.74) is 2.39. The van der Waals surface area contributed by atoms with Crippen molar-refractivity contribution in [3.63, 3.8) is 0 Å². The Morgan fingerprint density at radius 1 is 1.36 bits per heavy atom. The minimum Gasteiger partial charge on any atom is -0.357 e. The molecule has 2 aromatic rings. The van der Waals surface area contributed by atoms with Gasteiger partial charge in [-0.15, -0.1) is 0 Å². The van der Waals surface area contributed by atoms with Gasteiger partial charge in [-0.05, 0) is 46.9 Å². The van der Waals surface area contributed by atoms with E-state index in [4.69, 9.17) is 11.6 Å². The smallest absolute Gasteiger partial charge is 0.191 e. The van der Waals surface area contributed by atoms with Gasteiger partial charge in [0, 0.05) is 19.3 Å². The van der Waals surface area contributed by atoms with Gasteiger partial charge in [-0.25, -0.2) is 9.98 Å². The average molecular weight is 337 g/mol. The molecule has 2 rings (SSSR count). The van der Waals surface area contributed by atoms with Crippen LogP contribution in [0, 0.1) is 0 Å². The van der Waals surface area contributed by atoms with Gasteiger partial charge in [-0.1, -0.05) is 24.6 Å². The minimum atomic E-state index is 0.451. The van der Waals surface area contributed by atoms with Crippen LogP contribution >= 0.6 is 22.9 Å². The van der Waals surface area contributed by atoms with E-state index in [-0.39, 0.29) is 0 Å². The van der Waals surface area contributed by atoms with Crippen molar-refractivity contribution in [2.45, 2.75) is 26.3 Å². The van der Waals surface area contributed by atoms with Gasteiger partial charge < -0.3 is 10.6 Å². The second kappa shape index (κ2) is 8.76. The largest absolute Gasteiger partial charge is 0.357 e. The van der Waals surface area contributed by atoms with Crippen LogP contribution in [0.2, 0.25) is 5.15 Å². The van der Waals surface area contributed by atoms with Crippen molar-refractivity contribution in [3.8, 4) is 0 Å². The topological polar surface area (TPSA) is 49.3 Å². The van der Waals surface area contributed by atoms with E-state index in [0.717, 1.165) is 24.6 Å². The maximum atomic E-state index is 5.79. The lowest BCUT2D eigenvalue weighted by Gasteiger charge is -2.15. The third-order valence-electron chi connectivity index (χ3n) is 3.24. The molecule has 0 radical (unpaired) electrons. The predicted molar refractivity (Wildman–Crippen MR) is 94.8 cm³/mol. The van der Waals surface area contributed by atoms with Crippen molar-refractivity contribution >= 4 is 28.9 Å². The Kier molecular flexibility index (Phi) is 6.68. The fraction of sp³-hybridized carbons (Fsp3) is 0.375. The first-order valence-electron chi connectivity index (χ1n) is 7.33. The van der Waals surface area contributed by atoms with Crippen LogP contribution in [0.1, 0.15) is 30.9 Å². The zero-order valence-corrected chi connectivity index (χ0v) is 14.4. The number of halogens is 1. The van der Waals surface area contributed by atoms with Gasteiger partial charge in [-0.2, -0.15) is 11.3 Å². The van der Waals surface area contributed by atoms with Crippen LogP contribution in [-0.4, -0.2) is 24.0 Å². The number of pyridine rings is 1. The van der Waals surface area contributed by atoms with Crippen LogP contribution < -0.4 is 10.6 Å². The number of guanidine groups is 1. The molecule has 0 aliphatic heterocycles. The third-order valence-corrected chi connectivity index (χ3v) is 4.17. The normalized spacial score (nSPS) is 13.0. The fourth-order valence-corrected chi connectivity index (χ4v) is 2.83. The van der Waals surface area contributed by atoms with Crippen molar-refractivity contribution in [2.75, 3.05) is 13.1 Å². The molecule has 0 aliphatic carbocycles. The molecule has 0 aliphatic rings. The third kappa shape index (κ3) is 5.31. The average Bonchev–Trinajstić information content (AvgIpc) is 3.06. The SMILES string of the molecule is CCNC(=NCc1ccc(Cl)nc1)NCC(C)c1ccsc1. The number of aromatic nitrogens is 1. The summed E-state index contributed by atoms with van der Waals surface area (Å²) in [5.74, 6) is 1.27. The Labute approximate surface area is 140 Å². The van der Waals surface area contributed by atoms with Gasteiger partial charge in [0.15, 0.2) is 5.96 Å². The van der Waals surface area contributed by atoms with Crippen molar-refractivity contribution in [1.29, 1.82) is 0 Å². The number of hydrogen-bond acceptors (Lipinski definition) is 3. The second-order valence-corrected chi connectivity index (χ2v) is 6.19. The summed E-state index contributed by atoms with van der Waals surface area (Å²) < 4.78 is 0. The standard InChI is InChI=1S/C16H21ClN4S/c1-3-18-16(20-8-12(2)14-6-7-22-11-14)21-10-13-4-5-15(17)19-9-13/h4-7,9,11-12H,3,8,10H2,1-2H3,(H2,18,20,21). The molecule has 1 unspecified atom stereocenters. The van der Waals surface area contributed by atoms with Crippen LogP contribution in [0.15, 0.2) is 40.1 Å². The van der Waals surface area contributed by atoms with E-state index in [2.05, 4.69) is 51.3 Å². The zero-order chi connectivity index (χ0) is 15.8. The molecular weight excluding hydrogens is 316 g/mol. The fourth-order valence-electron chi connectivity index (χ4n) is 1.94. The number of aliphatic imine (C=N–C) groups is 1. The first kappa shape index (κ1) is 16.8. The molecule has 2 heterocycles. The van der Waals surface area contributed by atoms with Gasteiger partial charge in [0.2, 0.25) is 0 Å². The summed E-state index contributed by atoms with van der Waals surface area (Å²) >= 11 is 7.52. The van der Waals surface area contributed by atoms with E-state index in [1.807, 2.05) is 6.07 Å². The van der Waals surface area contributed by atoms with E-state index < -0.39 is 0 Å². The van der Waals surface area contributed by atoms with Gasteiger partial charge in [0.25, 0.3) is 0 Å². The molecule has 0 saturated carbocycles. The van der Waals surface area contributed by atoms with E-state index in [0.29, 0.717) is 17.6 Å². The van der Waals surface area contributed by atoms with Crippen LogP contribution in [-0.2, 0) is 6.54 Å². The summed E-state index contributed by atoms with van der Waals surface area (Å²) in [5, 5.41) is 11.4. The van der Waals surface area contributed by atoms with E-state index in [1.54, 1.807) is 23.6 Å². The van der Waals surface area contributed by atoms with Crippen molar-refractivity contribution in [2.24, 2.45) is 4.99 Å². The van der Waals surface area contributed by atoms with Crippen LogP contribution in [0.5, 0.6) is 0 Å². The highest BCUT2D eigenvalue weighted by atomic mass is 35.5. The number of thiophene rings is 1. The van der Waals surface area contributed by atoms with E-state index in [1.165, 1.54) is 5.56 Å². The number of rotatable bonds is 6. The van der Waals surface area contributed by atoms with Crippen molar-refractivity contribution < 1.29 is 0 Å². The molecule has 0 amide bonds. The van der Waals surface area contributed by atoms with Crippen LogP contribution in [0.3, 0.4) is 0 Å². The van der Waals surface area contributed by atoms with Gasteiger partial charge in [0.05, 0.1) is 6.54 Å². The lowest BCUT2D eigenvalue weighted by atomic mass is 10.1. The summed E-state index contributed by atoms with van der Waals surface area (Å²) in [6.45, 7) is 6.52. The summed E-state index contributed by atoms with van der Waals surface area (Å²) in [4.78, 5) is 8.65. The van der Waals surface area contributed by atoms with Crippen molar-refractivity contribution in [1.82, 2.24) is 15.6 Å². The van der Waals surface area contributed by atoms with Gasteiger partial charge in [0.1, 0.15) is 5.15 Å². The second-order valence-electron chi connectivity index (χ2n) is 5.02. The summed E-state index contributed by atoms with van der Waals surface area (Å²) in [6, 6.07) is 5.89. The highest BCUT2D eigenvalue weighted by Crippen LogP contribution is 2.17. The molecule has 2 aromatic heterocycles. The first-order chi connectivity index (χ1) is 10.7. The minimum absolute atomic E-state index is 0.451. The van der Waals surface area contributed by atoms with Gasteiger partial charge in [-0.3, -0.25) is 0 Å². The Bertz CT molecular complexity index is 581. The van der Waals surface area contributed by atoms with Crippen LogP contribution in [0.4, 0.5) is 0 Å². The monoisotopic (exact) mass is 336 g/mol. The first-order valence-corrected chi connectivity index (χ1v) is 8.65. The Hall–Kier alpha value is -1.59. The number of nitrogens with one attached hydrogen (secondary N) is 2. The predicted octanol–water partition coefficient (Wildman–Crippen LogP) is 3.66. The molecule has 22 heavy (non-hydrogen) atoms. The molecule has 6 heteroatoms. The lowest BCUT2D eigenvalue weighted by Crippen LogP contribution is -2.39. The Morgan fingerprint density at radius 2 is 2.23 bits per heavy atom. The maximum absolute atomic E-state index is 5.79. The highest BCUT2D eigenvalue weighted by Gasteiger charge is 2.07. The van der Waals surface area contributed by atoms with Crippen LogP contribution in [0.25, 0.3) is 0 Å². The van der Waals surface area contributed by atoms with E-state index >= 15 is 0 Å². The summed E-state index contributed by atoms with van der Waals surface area (Å²) in [7, 11) is 0. The lowest BCUT2D eigenvalue weighted by molar-refractivity contribution is 0.701. The molecule has 1 atom stereocenters. The molecule has 0 saturated heterocycles. The molecule has 2 N–H and O–H groups in total. The summed E-state index contributed by atoms with van der Waals surface area (Å²) in [6.07, 6.45) is 1.75. The van der Waals surface area contributed by atoms with E-state index in [9.17, 15) is 0 Å². The molecular formula is C16H21ClN4S. The molecule has 4 nitrogen and oxygen atoms in total.